The van der Waals surface area contributed by atoms with E-state index >= 15 is 0 Å². The largest absolute Gasteiger partial charge is 0.493 e. The molecule has 0 atom stereocenters. The molecule has 0 fully saturated rings. The smallest absolute Gasteiger partial charge is 0.127 e. The van der Waals surface area contributed by atoms with Crippen molar-refractivity contribution in [3.63, 3.8) is 0 Å². The van der Waals surface area contributed by atoms with E-state index in [0.29, 0.717) is 0 Å². The minimum atomic E-state index is 0.752. The second kappa shape index (κ2) is 5.96. The first-order valence-electron chi connectivity index (χ1n) is 7.09. The van der Waals surface area contributed by atoms with Gasteiger partial charge in [-0.25, -0.2) is 0 Å². The highest BCUT2D eigenvalue weighted by Gasteiger charge is 2.18. The van der Waals surface area contributed by atoms with Gasteiger partial charge in [0.25, 0.3) is 0 Å². The quantitative estimate of drug-likeness (QED) is 0.879. The molecule has 1 aliphatic rings. The van der Waals surface area contributed by atoms with E-state index in [-0.39, 0.29) is 0 Å². The van der Waals surface area contributed by atoms with Crippen LogP contribution in [0.3, 0.4) is 0 Å². The predicted octanol–water partition coefficient (Wildman–Crippen LogP) is 3.49. The lowest BCUT2D eigenvalue weighted by Crippen LogP contribution is -2.17. The molecule has 0 amide bonds. The molecule has 1 heterocycles. The zero-order chi connectivity index (χ0) is 14.8. The van der Waals surface area contributed by atoms with Gasteiger partial charge in [0, 0.05) is 35.8 Å². The Morgan fingerprint density at radius 3 is 2.90 bits per heavy atom. The van der Waals surface area contributed by atoms with E-state index in [1.54, 1.807) is 0 Å². The van der Waals surface area contributed by atoms with Gasteiger partial charge in [-0.05, 0) is 42.4 Å². The Hall–Kier alpha value is -1.71. The van der Waals surface area contributed by atoms with Gasteiger partial charge in [-0.15, -0.1) is 0 Å². The van der Waals surface area contributed by atoms with Gasteiger partial charge in [0.1, 0.15) is 5.75 Å². The Morgan fingerprint density at radius 2 is 2.10 bits per heavy atom. The van der Waals surface area contributed by atoms with Crippen molar-refractivity contribution in [1.82, 2.24) is 4.90 Å². The van der Waals surface area contributed by atoms with Crippen LogP contribution in [0, 0.1) is 0 Å². The maximum Gasteiger partial charge on any atom is 0.127 e. The summed E-state index contributed by atoms with van der Waals surface area (Å²) in [6.45, 7) is 2.39. The summed E-state index contributed by atoms with van der Waals surface area (Å²) < 4.78 is 5.75. The molecule has 21 heavy (non-hydrogen) atoms. The Kier molecular flexibility index (Phi) is 4.04. The summed E-state index contributed by atoms with van der Waals surface area (Å²) >= 11 is 6.20. The summed E-state index contributed by atoms with van der Waals surface area (Å²) in [5.74, 6) is 1.01. The van der Waals surface area contributed by atoms with Gasteiger partial charge in [0.15, 0.2) is 0 Å². The van der Waals surface area contributed by atoms with Crippen LogP contribution in [-0.2, 0) is 19.5 Å². The molecular formula is C17H19ClN2O. The van der Waals surface area contributed by atoms with Crippen molar-refractivity contribution in [1.29, 1.82) is 0 Å². The zero-order valence-electron chi connectivity index (χ0n) is 12.1. The van der Waals surface area contributed by atoms with Crippen LogP contribution in [0.2, 0.25) is 5.02 Å². The van der Waals surface area contributed by atoms with Gasteiger partial charge in [0.2, 0.25) is 0 Å². The van der Waals surface area contributed by atoms with E-state index in [9.17, 15) is 0 Å². The lowest BCUT2D eigenvalue weighted by Gasteiger charge is -2.19. The normalized spacial score (nSPS) is 13.3. The topological polar surface area (TPSA) is 38.5 Å². The molecule has 0 aliphatic carbocycles. The number of ether oxygens (including phenoxy) is 1. The van der Waals surface area contributed by atoms with Crippen LogP contribution in [0.5, 0.6) is 5.75 Å². The summed E-state index contributed by atoms with van der Waals surface area (Å²) in [5, 5.41) is 0.784. The average Bonchev–Trinajstić information content (AvgIpc) is 2.86. The summed E-state index contributed by atoms with van der Waals surface area (Å²) in [6, 6.07) is 12.0. The van der Waals surface area contributed by atoms with E-state index in [0.717, 1.165) is 48.1 Å². The summed E-state index contributed by atoms with van der Waals surface area (Å²) in [4.78, 5) is 2.24. The average molecular weight is 303 g/mol. The Bertz CT molecular complexity index is 657. The van der Waals surface area contributed by atoms with Crippen LogP contribution in [0.25, 0.3) is 0 Å². The molecule has 3 nitrogen and oxygen atoms in total. The molecule has 2 aromatic carbocycles. The van der Waals surface area contributed by atoms with Crippen molar-refractivity contribution >= 4 is 17.3 Å². The third-order valence-electron chi connectivity index (χ3n) is 3.67. The predicted molar refractivity (Wildman–Crippen MR) is 86.7 cm³/mol. The van der Waals surface area contributed by atoms with Crippen LogP contribution < -0.4 is 10.5 Å². The molecule has 0 unspecified atom stereocenters. The third-order valence-corrected chi connectivity index (χ3v) is 3.89. The van der Waals surface area contributed by atoms with Crippen LogP contribution in [-0.4, -0.2) is 18.6 Å². The Balaban J connectivity index is 1.75. The lowest BCUT2D eigenvalue weighted by molar-refractivity contribution is 0.304. The molecule has 3 rings (SSSR count). The van der Waals surface area contributed by atoms with Crippen molar-refractivity contribution < 1.29 is 4.74 Å². The number of nitrogens with zero attached hydrogens (tertiary/aromatic N) is 1. The highest BCUT2D eigenvalue weighted by molar-refractivity contribution is 6.30. The van der Waals surface area contributed by atoms with E-state index in [2.05, 4.69) is 18.0 Å². The minimum Gasteiger partial charge on any atom is -0.493 e. The summed E-state index contributed by atoms with van der Waals surface area (Å²) in [5.41, 5.74) is 10.2. The van der Waals surface area contributed by atoms with Crippen LogP contribution in [0.4, 0.5) is 5.69 Å². The fourth-order valence-corrected chi connectivity index (χ4v) is 3.08. The number of hydrogen-bond donors (Lipinski definition) is 1. The van der Waals surface area contributed by atoms with Gasteiger partial charge in [-0.1, -0.05) is 23.7 Å². The SMILES string of the molecule is CN(Cc1cccc(N)c1)Cc1cc(Cl)cc2c1OCC2. The second-order valence-electron chi connectivity index (χ2n) is 5.57. The monoisotopic (exact) mass is 302 g/mol. The van der Waals surface area contributed by atoms with E-state index in [4.69, 9.17) is 22.1 Å². The molecule has 0 radical (unpaired) electrons. The van der Waals surface area contributed by atoms with Gasteiger partial charge >= 0.3 is 0 Å². The summed E-state index contributed by atoms with van der Waals surface area (Å²) in [6.07, 6.45) is 0.946. The van der Waals surface area contributed by atoms with Crippen molar-refractivity contribution in [3.8, 4) is 5.75 Å². The molecule has 0 spiro atoms. The number of halogens is 1. The Labute approximate surface area is 130 Å². The standard InChI is InChI=1S/C17H19ClN2O/c1-20(10-12-3-2-4-16(19)7-12)11-14-9-15(18)8-13-5-6-21-17(13)14/h2-4,7-9H,5-6,10-11,19H2,1H3. The molecule has 2 aromatic rings. The van der Waals surface area contributed by atoms with Crippen LogP contribution in [0.1, 0.15) is 16.7 Å². The summed E-state index contributed by atoms with van der Waals surface area (Å²) in [7, 11) is 2.09. The molecule has 0 saturated heterocycles. The second-order valence-corrected chi connectivity index (χ2v) is 6.01. The molecule has 1 aliphatic heterocycles. The fourth-order valence-electron chi connectivity index (χ4n) is 2.81. The number of benzene rings is 2. The first kappa shape index (κ1) is 14.2. The number of hydrogen-bond acceptors (Lipinski definition) is 3. The molecule has 4 heteroatoms. The van der Waals surface area contributed by atoms with Crippen molar-refractivity contribution in [2.45, 2.75) is 19.5 Å². The lowest BCUT2D eigenvalue weighted by atomic mass is 10.1. The molecule has 0 bridgehead atoms. The van der Waals surface area contributed by atoms with Crippen LogP contribution >= 0.6 is 11.6 Å². The van der Waals surface area contributed by atoms with Crippen molar-refractivity contribution in [2.24, 2.45) is 0 Å². The van der Waals surface area contributed by atoms with Crippen LogP contribution in [0.15, 0.2) is 36.4 Å². The number of anilines is 1. The van der Waals surface area contributed by atoms with E-state index < -0.39 is 0 Å². The molecular weight excluding hydrogens is 284 g/mol. The molecule has 2 N–H and O–H groups in total. The van der Waals surface area contributed by atoms with Gasteiger partial charge in [-0.3, -0.25) is 4.90 Å². The number of nitrogens with two attached hydrogens (primary N) is 1. The van der Waals surface area contributed by atoms with Gasteiger partial charge in [-0.2, -0.15) is 0 Å². The fraction of sp³-hybridized carbons (Fsp3) is 0.294. The Morgan fingerprint density at radius 1 is 1.24 bits per heavy atom. The highest BCUT2D eigenvalue weighted by atomic mass is 35.5. The zero-order valence-corrected chi connectivity index (χ0v) is 12.9. The van der Waals surface area contributed by atoms with Crippen molar-refractivity contribution in [3.05, 3.63) is 58.1 Å². The van der Waals surface area contributed by atoms with Gasteiger partial charge in [0.05, 0.1) is 6.61 Å². The minimum absolute atomic E-state index is 0.752. The number of fused-ring (bicyclic) bond motifs is 1. The first-order chi connectivity index (χ1) is 10.1. The molecule has 110 valence electrons. The number of rotatable bonds is 4. The molecule has 0 saturated carbocycles. The highest BCUT2D eigenvalue weighted by Crippen LogP contribution is 2.33. The first-order valence-corrected chi connectivity index (χ1v) is 7.46. The van der Waals surface area contributed by atoms with E-state index in [1.165, 1.54) is 11.1 Å². The van der Waals surface area contributed by atoms with Gasteiger partial charge < -0.3 is 10.5 Å². The molecule has 0 aromatic heterocycles. The maximum atomic E-state index is 6.20. The maximum absolute atomic E-state index is 6.20. The third kappa shape index (κ3) is 3.31. The van der Waals surface area contributed by atoms with Crippen molar-refractivity contribution in [2.75, 3.05) is 19.4 Å². The number of nitrogen functional groups attached to an aromatic ring is 1. The van der Waals surface area contributed by atoms with E-state index in [1.807, 2.05) is 30.3 Å².